The van der Waals surface area contributed by atoms with Crippen LogP contribution in [-0.2, 0) is 14.3 Å². The van der Waals surface area contributed by atoms with Crippen LogP contribution < -0.4 is 5.32 Å². The van der Waals surface area contributed by atoms with Crippen LogP contribution in [0.2, 0.25) is 5.02 Å². The van der Waals surface area contributed by atoms with Crippen LogP contribution in [0.4, 0.5) is 0 Å². The minimum atomic E-state index is -0.392. The summed E-state index contributed by atoms with van der Waals surface area (Å²) < 4.78 is 5.45. The number of halogens is 1. The first kappa shape index (κ1) is 16.6. The summed E-state index contributed by atoms with van der Waals surface area (Å²) in [4.78, 5) is 24.4. The van der Waals surface area contributed by atoms with Crippen LogP contribution in [0.3, 0.4) is 0 Å². The summed E-state index contributed by atoms with van der Waals surface area (Å²) in [6.45, 7) is 5.52. The van der Waals surface area contributed by atoms with E-state index in [0.717, 1.165) is 12.0 Å². The molecule has 1 amide bonds. The van der Waals surface area contributed by atoms with Gasteiger partial charge in [-0.2, -0.15) is 0 Å². The third-order valence-electron chi connectivity index (χ3n) is 3.85. The lowest BCUT2D eigenvalue weighted by molar-refractivity contribution is -0.144. The predicted molar refractivity (Wildman–Crippen MR) is 85.5 cm³/mol. The van der Waals surface area contributed by atoms with Crippen molar-refractivity contribution < 1.29 is 14.3 Å². The van der Waals surface area contributed by atoms with Crippen LogP contribution in [0.1, 0.15) is 45.1 Å². The maximum Gasteiger partial charge on any atom is 0.336 e. The first-order valence-corrected chi connectivity index (χ1v) is 7.77. The van der Waals surface area contributed by atoms with Crippen LogP contribution in [0.25, 0.3) is 0 Å². The molecule has 1 aromatic carbocycles. The van der Waals surface area contributed by atoms with Gasteiger partial charge in [-0.05, 0) is 31.9 Å². The van der Waals surface area contributed by atoms with Crippen molar-refractivity contribution in [2.24, 2.45) is 0 Å². The van der Waals surface area contributed by atoms with Gasteiger partial charge in [-0.1, -0.05) is 36.7 Å². The Morgan fingerprint density at radius 1 is 1.45 bits per heavy atom. The van der Waals surface area contributed by atoms with E-state index in [1.54, 1.807) is 13.0 Å². The van der Waals surface area contributed by atoms with Crippen molar-refractivity contribution >= 4 is 23.5 Å². The highest BCUT2D eigenvalue weighted by Crippen LogP contribution is 2.37. The van der Waals surface area contributed by atoms with E-state index in [9.17, 15) is 9.59 Å². The van der Waals surface area contributed by atoms with E-state index in [-0.39, 0.29) is 24.3 Å². The lowest BCUT2D eigenvalue weighted by Gasteiger charge is -2.28. The van der Waals surface area contributed by atoms with Crippen molar-refractivity contribution in [3.63, 3.8) is 0 Å². The first-order chi connectivity index (χ1) is 10.4. The molecule has 0 saturated heterocycles. The Kier molecular flexibility index (Phi) is 5.24. The van der Waals surface area contributed by atoms with E-state index in [0.29, 0.717) is 16.3 Å². The Morgan fingerprint density at radius 3 is 2.77 bits per heavy atom. The van der Waals surface area contributed by atoms with Crippen LogP contribution in [0.15, 0.2) is 35.5 Å². The molecule has 5 heteroatoms. The van der Waals surface area contributed by atoms with Crippen molar-refractivity contribution in [2.75, 3.05) is 0 Å². The number of nitrogens with one attached hydrogen (secondary N) is 1. The molecule has 118 valence electrons. The Balaban J connectivity index is 2.41. The second-order valence-electron chi connectivity index (χ2n) is 5.49. The topological polar surface area (TPSA) is 55.4 Å². The second kappa shape index (κ2) is 6.97. The van der Waals surface area contributed by atoms with Gasteiger partial charge in [0.05, 0.1) is 11.7 Å². The molecule has 2 atom stereocenters. The third-order valence-corrected chi connectivity index (χ3v) is 4.20. The molecule has 0 saturated carbocycles. The summed E-state index contributed by atoms with van der Waals surface area (Å²) in [6.07, 6.45) is 0.755. The summed E-state index contributed by atoms with van der Waals surface area (Å²) in [7, 11) is 0. The van der Waals surface area contributed by atoms with E-state index in [2.05, 4.69) is 5.32 Å². The van der Waals surface area contributed by atoms with Crippen LogP contribution in [0, 0.1) is 0 Å². The number of hydrogen-bond acceptors (Lipinski definition) is 3. The molecule has 0 unspecified atom stereocenters. The highest BCUT2D eigenvalue weighted by Gasteiger charge is 2.34. The van der Waals surface area contributed by atoms with Crippen molar-refractivity contribution in [3.8, 4) is 0 Å². The maximum atomic E-state index is 12.5. The molecule has 0 aromatic heterocycles. The summed E-state index contributed by atoms with van der Waals surface area (Å²) >= 11 is 6.25. The lowest BCUT2D eigenvalue weighted by Crippen LogP contribution is -2.35. The number of allylic oxidation sites excluding steroid dienone is 1. The summed E-state index contributed by atoms with van der Waals surface area (Å²) in [6, 6.07) is 7.27. The number of ether oxygens (including phenoxy) is 1. The number of carbonyl (C=O) groups is 2. The summed E-state index contributed by atoms with van der Waals surface area (Å²) in [5, 5.41) is 3.26. The number of carbonyl (C=O) groups excluding carboxylic acids is 2. The van der Waals surface area contributed by atoms with Crippen LogP contribution in [0.5, 0.6) is 0 Å². The molecule has 0 spiro atoms. The zero-order valence-corrected chi connectivity index (χ0v) is 13.7. The van der Waals surface area contributed by atoms with E-state index in [1.807, 2.05) is 32.0 Å². The van der Waals surface area contributed by atoms with Gasteiger partial charge in [-0.15, -0.1) is 0 Å². The molecule has 2 rings (SSSR count). The van der Waals surface area contributed by atoms with Gasteiger partial charge < -0.3 is 10.1 Å². The minimum Gasteiger partial charge on any atom is -0.459 e. The number of rotatable bonds is 4. The Labute approximate surface area is 135 Å². The fourth-order valence-electron chi connectivity index (χ4n) is 2.52. The minimum absolute atomic E-state index is 0.123. The Hall–Kier alpha value is -1.81. The van der Waals surface area contributed by atoms with Gasteiger partial charge in [0.15, 0.2) is 0 Å². The van der Waals surface area contributed by atoms with E-state index in [1.165, 1.54) is 0 Å². The molecule has 1 aliphatic rings. The Bertz CT molecular complexity index is 624. The zero-order chi connectivity index (χ0) is 16.3. The van der Waals surface area contributed by atoms with Gasteiger partial charge >= 0.3 is 5.97 Å². The highest BCUT2D eigenvalue weighted by molar-refractivity contribution is 6.31. The molecule has 1 aliphatic heterocycles. The smallest absolute Gasteiger partial charge is 0.336 e. The average molecular weight is 322 g/mol. The van der Waals surface area contributed by atoms with Crippen LogP contribution >= 0.6 is 11.6 Å². The van der Waals surface area contributed by atoms with Gasteiger partial charge in [-0.3, -0.25) is 4.79 Å². The number of benzene rings is 1. The van der Waals surface area contributed by atoms with E-state index in [4.69, 9.17) is 16.3 Å². The van der Waals surface area contributed by atoms with E-state index < -0.39 is 5.97 Å². The Morgan fingerprint density at radius 2 is 2.14 bits per heavy atom. The largest absolute Gasteiger partial charge is 0.459 e. The first-order valence-electron chi connectivity index (χ1n) is 7.40. The van der Waals surface area contributed by atoms with Crippen molar-refractivity contribution in [3.05, 3.63) is 46.1 Å². The van der Waals surface area contributed by atoms with Crippen molar-refractivity contribution in [1.29, 1.82) is 0 Å². The van der Waals surface area contributed by atoms with Gasteiger partial charge in [0, 0.05) is 23.1 Å². The van der Waals surface area contributed by atoms with Gasteiger partial charge in [0.1, 0.15) is 0 Å². The number of hydrogen-bond donors (Lipinski definition) is 1. The molecular formula is C17H20ClNO3. The molecule has 0 aliphatic carbocycles. The monoisotopic (exact) mass is 321 g/mol. The highest BCUT2D eigenvalue weighted by atomic mass is 35.5. The zero-order valence-electron chi connectivity index (χ0n) is 13.0. The van der Waals surface area contributed by atoms with Gasteiger partial charge in [0.2, 0.25) is 5.91 Å². The molecule has 1 aromatic rings. The third kappa shape index (κ3) is 3.50. The molecular weight excluding hydrogens is 302 g/mol. The SMILES string of the molecule is CC[C@@H](C)OC(=O)C1=C(C)NC(=O)C[C@@H]1c1ccccc1Cl. The van der Waals surface area contributed by atoms with Crippen molar-refractivity contribution in [2.45, 2.75) is 45.6 Å². The molecule has 22 heavy (non-hydrogen) atoms. The van der Waals surface area contributed by atoms with Crippen LogP contribution in [-0.4, -0.2) is 18.0 Å². The molecule has 1 heterocycles. The van der Waals surface area contributed by atoms with Gasteiger partial charge in [-0.25, -0.2) is 4.79 Å². The molecule has 0 radical (unpaired) electrons. The molecule has 0 fully saturated rings. The van der Waals surface area contributed by atoms with Gasteiger partial charge in [0.25, 0.3) is 0 Å². The summed E-state index contributed by atoms with van der Waals surface area (Å²) in [5.41, 5.74) is 1.79. The lowest BCUT2D eigenvalue weighted by atomic mass is 9.84. The average Bonchev–Trinajstić information content (AvgIpc) is 2.46. The quantitative estimate of drug-likeness (QED) is 0.863. The molecule has 4 nitrogen and oxygen atoms in total. The second-order valence-corrected chi connectivity index (χ2v) is 5.90. The summed E-state index contributed by atoms with van der Waals surface area (Å²) in [5.74, 6) is -0.890. The molecule has 1 N–H and O–H groups in total. The molecule has 0 bridgehead atoms. The normalized spacial score (nSPS) is 19.6. The fourth-order valence-corrected chi connectivity index (χ4v) is 2.79. The fraction of sp³-hybridized carbons (Fsp3) is 0.412. The van der Waals surface area contributed by atoms with E-state index >= 15 is 0 Å². The number of esters is 1. The predicted octanol–water partition coefficient (Wildman–Crippen LogP) is 3.56. The maximum absolute atomic E-state index is 12.5. The number of amides is 1. The standard InChI is InChI=1S/C17H20ClNO3/c1-4-10(2)22-17(21)16-11(3)19-15(20)9-13(16)12-7-5-6-8-14(12)18/h5-8,10,13H,4,9H2,1-3H3,(H,19,20)/t10-,13-/m1/s1. The van der Waals surface area contributed by atoms with Crippen molar-refractivity contribution in [1.82, 2.24) is 5.32 Å².